The minimum atomic E-state index is 0.220. The number of nitrogens with one attached hydrogen (secondary N) is 2. The van der Waals surface area contributed by atoms with Gasteiger partial charge in [-0.2, -0.15) is 9.97 Å². The van der Waals surface area contributed by atoms with Gasteiger partial charge in [0, 0.05) is 12.6 Å². The Hall–Kier alpha value is -1.40. The molecule has 3 heterocycles. The van der Waals surface area contributed by atoms with E-state index in [1.165, 1.54) is 32.4 Å². The summed E-state index contributed by atoms with van der Waals surface area (Å²) in [6.07, 6.45) is 5.56. The van der Waals surface area contributed by atoms with Crippen LogP contribution >= 0.6 is 11.6 Å². The second-order valence-electron chi connectivity index (χ2n) is 5.27. The number of rotatable bonds is 4. The molecule has 3 rings (SSSR count). The van der Waals surface area contributed by atoms with E-state index in [1.54, 1.807) is 6.33 Å². The highest BCUT2D eigenvalue weighted by Crippen LogP contribution is 2.19. The van der Waals surface area contributed by atoms with Gasteiger partial charge in [0.15, 0.2) is 11.5 Å². The molecule has 7 heteroatoms. The van der Waals surface area contributed by atoms with Gasteiger partial charge < -0.3 is 10.3 Å². The predicted molar refractivity (Wildman–Crippen MR) is 80.1 cm³/mol. The van der Waals surface area contributed by atoms with Gasteiger partial charge in [0.05, 0.1) is 6.33 Å². The fourth-order valence-electron chi connectivity index (χ4n) is 2.67. The molecule has 1 aliphatic heterocycles. The molecule has 0 saturated carbocycles. The first-order chi connectivity index (χ1) is 9.74. The smallest absolute Gasteiger partial charge is 0.226 e. The molecule has 0 spiro atoms. The van der Waals surface area contributed by atoms with Crippen LogP contribution in [0, 0.1) is 0 Å². The van der Waals surface area contributed by atoms with Crippen molar-refractivity contribution in [2.75, 3.05) is 25.0 Å². The largest absolute Gasteiger partial charge is 0.367 e. The van der Waals surface area contributed by atoms with Gasteiger partial charge in [-0.3, -0.25) is 4.90 Å². The third-order valence-electron chi connectivity index (χ3n) is 3.84. The van der Waals surface area contributed by atoms with E-state index < -0.39 is 0 Å². The lowest BCUT2D eigenvalue weighted by molar-refractivity contribution is 0.180. The number of aromatic amines is 1. The zero-order valence-electron chi connectivity index (χ0n) is 11.6. The van der Waals surface area contributed by atoms with Gasteiger partial charge in [0.2, 0.25) is 5.28 Å². The van der Waals surface area contributed by atoms with Gasteiger partial charge >= 0.3 is 0 Å². The van der Waals surface area contributed by atoms with E-state index in [9.17, 15) is 0 Å². The second-order valence-corrected chi connectivity index (χ2v) is 5.61. The summed E-state index contributed by atoms with van der Waals surface area (Å²) in [7, 11) is 0. The number of halogens is 1. The van der Waals surface area contributed by atoms with Crippen molar-refractivity contribution in [2.24, 2.45) is 0 Å². The van der Waals surface area contributed by atoms with Crippen molar-refractivity contribution in [2.45, 2.75) is 32.2 Å². The van der Waals surface area contributed by atoms with Crippen LogP contribution in [0.15, 0.2) is 6.33 Å². The summed E-state index contributed by atoms with van der Waals surface area (Å²) < 4.78 is 0. The number of imidazole rings is 1. The lowest BCUT2D eigenvalue weighted by Gasteiger charge is -2.32. The van der Waals surface area contributed by atoms with E-state index in [2.05, 4.69) is 37.1 Å². The molecule has 6 nitrogen and oxygen atoms in total. The fraction of sp³-hybridized carbons (Fsp3) is 0.615. The fourth-order valence-corrected chi connectivity index (χ4v) is 2.83. The molecule has 2 N–H and O–H groups in total. The number of likely N-dealkylation sites (tertiary alicyclic amines) is 1. The highest BCUT2D eigenvalue weighted by molar-refractivity contribution is 6.28. The van der Waals surface area contributed by atoms with E-state index >= 15 is 0 Å². The molecule has 1 saturated heterocycles. The second kappa shape index (κ2) is 5.93. The van der Waals surface area contributed by atoms with Crippen molar-refractivity contribution in [3.63, 3.8) is 0 Å². The quantitative estimate of drug-likeness (QED) is 0.847. The first-order valence-corrected chi connectivity index (χ1v) is 7.46. The maximum atomic E-state index is 5.92. The van der Waals surface area contributed by atoms with E-state index in [0.717, 1.165) is 17.9 Å². The number of fused-ring (bicyclic) bond motifs is 1. The topological polar surface area (TPSA) is 69.7 Å². The molecule has 0 aliphatic carbocycles. The molecule has 2 aromatic heterocycles. The molecular formula is C13H19ClN6. The number of piperidine rings is 1. The third kappa shape index (κ3) is 2.86. The van der Waals surface area contributed by atoms with E-state index in [4.69, 9.17) is 11.6 Å². The Kier molecular flexibility index (Phi) is 4.03. The Morgan fingerprint density at radius 3 is 2.95 bits per heavy atom. The Labute approximate surface area is 123 Å². The molecule has 1 aliphatic rings. The van der Waals surface area contributed by atoms with Crippen LogP contribution in [0.5, 0.6) is 0 Å². The minimum Gasteiger partial charge on any atom is -0.367 e. The van der Waals surface area contributed by atoms with Crippen LogP contribution in [0.2, 0.25) is 5.28 Å². The van der Waals surface area contributed by atoms with Gasteiger partial charge in [-0.15, -0.1) is 0 Å². The monoisotopic (exact) mass is 294 g/mol. The van der Waals surface area contributed by atoms with Crippen molar-refractivity contribution in [1.82, 2.24) is 24.8 Å². The van der Waals surface area contributed by atoms with Crippen molar-refractivity contribution in [3.05, 3.63) is 11.6 Å². The third-order valence-corrected chi connectivity index (χ3v) is 4.01. The maximum absolute atomic E-state index is 5.92. The first kappa shape index (κ1) is 13.6. The van der Waals surface area contributed by atoms with Crippen molar-refractivity contribution in [1.29, 1.82) is 0 Å². The molecule has 0 radical (unpaired) electrons. The van der Waals surface area contributed by atoms with Crippen molar-refractivity contribution < 1.29 is 0 Å². The first-order valence-electron chi connectivity index (χ1n) is 7.08. The summed E-state index contributed by atoms with van der Waals surface area (Å²) in [5.74, 6) is 0.723. The summed E-state index contributed by atoms with van der Waals surface area (Å²) in [4.78, 5) is 18.0. The van der Waals surface area contributed by atoms with Gasteiger partial charge in [0.1, 0.15) is 5.52 Å². The maximum Gasteiger partial charge on any atom is 0.226 e. The molecule has 0 amide bonds. The van der Waals surface area contributed by atoms with E-state index in [0.29, 0.717) is 11.7 Å². The Bertz CT molecular complexity index is 577. The van der Waals surface area contributed by atoms with Gasteiger partial charge in [0.25, 0.3) is 0 Å². The number of H-pyrrole nitrogens is 1. The van der Waals surface area contributed by atoms with Gasteiger partial charge in [-0.25, -0.2) is 4.98 Å². The molecule has 2 aromatic rings. The van der Waals surface area contributed by atoms with Gasteiger partial charge in [-0.1, -0.05) is 6.42 Å². The zero-order chi connectivity index (χ0) is 13.9. The summed E-state index contributed by atoms with van der Waals surface area (Å²) in [5, 5.41) is 3.58. The average molecular weight is 295 g/mol. The molecule has 1 fully saturated rings. The van der Waals surface area contributed by atoms with Crippen molar-refractivity contribution in [3.8, 4) is 0 Å². The van der Waals surface area contributed by atoms with Crippen LogP contribution in [0.3, 0.4) is 0 Å². The molecular weight excluding hydrogens is 276 g/mol. The molecule has 0 bridgehead atoms. The number of anilines is 1. The van der Waals surface area contributed by atoms with E-state index in [-0.39, 0.29) is 5.28 Å². The number of nitrogens with zero attached hydrogens (tertiary/aromatic N) is 4. The Morgan fingerprint density at radius 2 is 2.15 bits per heavy atom. The standard InChI is InChI=1S/C13H19ClN6/c1-9(20-5-3-2-4-6-20)7-15-11-10-12(17-8-16-10)19-13(14)18-11/h8-9H,2-7H2,1H3,(H2,15,16,17,18,19). The van der Waals surface area contributed by atoms with E-state index in [1.807, 2.05) is 0 Å². The molecule has 1 atom stereocenters. The molecule has 0 aromatic carbocycles. The molecule has 1 unspecified atom stereocenters. The Balaban J connectivity index is 1.68. The minimum absolute atomic E-state index is 0.220. The average Bonchev–Trinajstić information content (AvgIpc) is 2.93. The predicted octanol–water partition coefficient (Wildman–Crippen LogP) is 2.29. The van der Waals surface area contributed by atoms with Crippen molar-refractivity contribution >= 4 is 28.6 Å². The highest BCUT2D eigenvalue weighted by atomic mass is 35.5. The van der Waals surface area contributed by atoms with Gasteiger partial charge in [-0.05, 0) is 44.5 Å². The Morgan fingerprint density at radius 1 is 1.35 bits per heavy atom. The van der Waals surface area contributed by atoms with Crippen LogP contribution in [0.4, 0.5) is 5.82 Å². The SMILES string of the molecule is CC(CNc1nc(Cl)nc2nc[nH]c12)N1CCCCC1. The summed E-state index contributed by atoms with van der Waals surface area (Å²) >= 11 is 5.92. The van der Waals surface area contributed by atoms with Crippen LogP contribution in [0.25, 0.3) is 11.2 Å². The zero-order valence-corrected chi connectivity index (χ0v) is 12.3. The number of hydrogen-bond acceptors (Lipinski definition) is 5. The van der Waals surface area contributed by atoms with Crippen LogP contribution in [-0.4, -0.2) is 50.5 Å². The summed E-state index contributed by atoms with van der Waals surface area (Å²) in [5.41, 5.74) is 1.40. The number of hydrogen-bond donors (Lipinski definition) is 2. The summed E-state index contributed by atoms with van der Waals surface area (Å²) in [6.45, 7) is 5.45. The molecule has 108 valence electrons. The van der Waals surface area contributed by atoms with Crippen LogP contribution in [-0.2, 0) is 0 Å². The lowest BCUT2D eigenvalue weighted by atomic mass is 10.1. The normalized spacial score (nSPS) is 18.3. The lowest BCUT2D eigenvalue weighted by Crippen LogP contribution is -2.41. The highest BCUT2D eigenvalue weighted by Gasteiger charge is 2.17. The number of aromatic nitrogens is 4. The molecule has 20 heavy (non-hydrogen) atoms. The van der Waals surface area contributed by atoms with Crippen LogP contribution in [0.1, 0.15) is 26.2 Å². The summed E-state index contributed by atoms with van der Waals surface area (Å²) in [6, 6.07) is 0.474. The van der Waals surface area contributed by atoms with Crippen LogP contribution < -0.4 is 5.32 Å².